The van der Waals surface area contributed by atoms with Crippen molar-refractivity contribution in [2.24, 2.45) is 7.05 Å². The highest BCUT2D eigenvalue weighted by Crippen LogP contribution is 2.37. The summed E-state index contributed by atoms with van der Waals surface area (Å²) in [5.74, 6) is 0. The Kier molecular flexibility index (Phi) is 6.21. The van der Waals surface area contributed by atoms with E-state index >= 15 is 0 Å². The Morgan fingerprint density at radius 2 is 2.19 bits per heavy atom. The van der Waals surface area contributed by atoms with E-state index in [4.69, 9.17) is 4.74 Å². The van der Waals surface area contributed by atoms with Crippen molar-refractivity contribution in [3.8, 4) is 17.5 Å². The van der Waals surface area contributed by atoms with Crippen LogP contribution in [-0.4, -0.2) is 36.7 Å². The third-order valence-corrected chi connectivity index (χ3v) is 6.14. The van der Waals surface area contributed by atoms with Crippen LogP contribution in [0.25, 0.3) is 11.4 Å². The van der Waals surface area contributed by atoms with Gasteiger partial charge in [-0.1, -0.05) is 11.8 Å². The van der Waals surface area contributed by atoms with Crippen LogP contribution in [0.5, 0.6) is 0 Å². The molecule has 140 valence electrons. The predicted molar refractivity (Wildman–Crippen MR) is 105 cm³/mol. The molecule has 3 rings (SSSR count). The average Bonchev–Trinajstić information content (AvgIpc) is 3.16. The number of thioether (sulfide) groups is 1. The Balaban J connectivity index is 2.14. The fourth-order valence-electron chi connectivity index (χ4n) is 3.03. The van der Waals surface area contributed by atoms with E-state index in [0.717, 1.165) is 30.4 Å². The Morgan fingerprint density at radius 3 is 2.85 bits per heavy atom. The van der Waals surface area contributed by atoms with Gasteiger partial charge in [0.05, 0.1) is 45.3 Å². The van der Waals surface area contributed by atoms with E-state index in [1.165, 1.54) is 28.7 Å². The lowest BCUT2D eigenvalue weighted by Crippen LogP contribution is -2.16. The second-order valence-electron chi connectivity index (χ2n) is 6.09. The molecule has 0 fully saturated rings. The Morgan fingerprint density at radius 1 is 1.41 bits per heavy atom. The minimum absolute atomic E-state index is 0.172. The highest BCUT2D eigenvalue weighted by atomic mass is 32.2. The fraction of sp³-hybridized carbons (Fsp3) is 0.389. The van der Waals surface area contributed by atoms with Gasteiger partial charge in [0.25, 0.3) is 5.56 Å². The molecule has 0 aromatic carbocycles. The predicted octanol–water partition coefficient (Wildman–Crippen LogP) is 1.67. The maximum Gasteiger partial charge on any atom is 0.253 e. The molecule has 0 saturated heterocycles. The van der Waals surface area contributed by atoms with Gasteiger partial charge in [0.1, 0.15) is 11.1 Å². The topological polar surface area (TPSA) is 97.9 Å². The summed E-state index contributed by atoms with van der Waals surface area (Å²) >= 11 is 1.60. The van der Waals surface area contributed by atoms with Crippen molar-refractivity contribution in [2.45, 2.75) is 30.7 Å². The zero-order valence-corrected chi connectivity index (χ0v) is 16.7. The van der Waals surface area contributed by atoms with E-state index in [1.54, 1.807) is 14.2 Å². The minimum atomic E-state index is -0.172. The largest absolute Gasteiger partial charge is 0.384 e. The summed E-state index contributed by atoms with van der Waals surface area (Å²) in [5.41, 5.74) is 3.40. The molecule has 0 aliphatic heterocycles. The first-order valence-electron chi connectivity index (χ1n) is 8.40. The fourth-order valence-corrected chi connectivity index (χ4v) is 4.38. The van der Waals surface area contributed by atoms with Gasteiger partial charge in [0.15, 0.2) is 0 Å². The van der Waals surface area contributed by atoms with Gasteiger partial charge in [-0.15, -0.1) is 0 Å². The van der Waals surface area contributed by atoms with Crippen LogP contribution < -0.4 is 5.56 Å². The van der Waals surface area contributed by atoms with Crippen LogP contribution in [-0.2, 0) is 35.9 Å². The number of methoxy groups -OCH3 is 1. The first kappa shape index (κ1) is 19.5. The summed E-state index contributed by atoms with van der Waals surface area (Å²) in [6, 6.07) is 3.71. The van der Waals surface area contributed by atoms with Crippen molar-refractivity contribution in [3.05, 3.63) is 39.4 Å². The smallest absolute Gasteiger partial charge is 0.253 e. The van der Waals surface area contributed by atoms with Gasteiger partial charge in [-0.3, -0.25) is 4.79 Å². The summed E-state index contributed by atoms with van der Waals surface area (Å²) in [7, 11) is 3.21. The highest BCUT2D eigenvalue weighted by molar-refractivity contribution is 8.20. The number of hydrogen-bond donors (Lipinski definition) is 0. The molecule has 1 aliphatic carbocycles. The number of fused-ring (bicyclic) bond motifs is 1. The number of aromatic nitrogens is 3. The van der Waals surface area contributed by atoms with Crippen molar-refractivity contribution >= 4 is 27.2 Å². The van der Waals surface area contributed by atoms with Gasteiger partial charge >= 0.3 is 0 Å². The lowest BCUT2D eigenvalue weighted by atomic mass is 10.0. The van der Waals surface area contributed by atoms with Crippen molar-refractivity contribution in [1.82, 2.24) is 14.5 Å². The van der Waals surface area contributed by atoms with Crippen LogP contribution in [0.3, 0.4) is 0 Å². The van der Waals surface area contributed by atoms with E-state index in [1.807, 2.05) is 0 Å². The molecule has 0 saturated carbocycles. The van der Waals surface area contributed by atoms with E-state index in [9.17, 15) is 14.3 Å². The number of aryl methyl sites for hydroxylation is 1. The van der Waals surface area contributed by atoms with Gasteiger partial charge in [0, 0.05) is 26.6 Å². The maximum absolute atomic E-state index is 12.0. The zero-order chi connectivity index (χ0) is 19.4. The first-order valence-corrected chi connectivity index (χ1v) is 9.96. The van der Waals surface area contributed by atoms with Gasteiger partial charge in [-0.25, -0.2) is 14.2 Å². The van der Waals surface area contributed by atoms with Crippen LogP contribution in [0.1, 0.15) is 29.5 Å². The van der Waals surface area contributed by atoms with E-state index in [2.05, 4.69) is 16.0 Å². The first-order chi connectivity index (χ1) is 13.1. The molecular formula is C18H18N4O3S2. The van der Waals surface area contributed by atoms with E-state index in [-0.39, 0.29) is 5.56 Å². The van der Waals surface area contributed by atoms with Gasteiger partial charge < -0.3 is 9.30 Å². The molecule has 0 unspecified atom stereocenters. The molecule has 0 radical (unpaired) electrons. The van der Waals surface area contributed by atoms with Crippen molar-refractivity contribution in [1.29, 1.82) is 5.26 Å². The molecule has 9 heteroatoms. The molecule has 0 atom stereocenters. The molecule has 7 nitrogen and oxygen atoms in total. The van der Waals surface area contributed by atoms with E-state index < -0.39 is 0 Å². The summed E-state index contributed by atoms with van der Waals surface area (Å²) in [5, 5.41) is 10.2. The SMILES string of the molecule is COCCC(Sc1nc(-c2cc(=O)n(C)cn2)c2c(c1C#N)CCC2)=S=O. The van der Waals surface area contributed by atoms with E-state index in [0.29, 0.717) is 50.5 Å². The summed E-state index contributed by atoms with van der Waals surface area (Å²) < 4.78 is 18.5. The lowest BCUT2D eigenvalue weighted by Gasteiger charge is -2.13. The molecule has 27 heavy (non-hydrogen) atoms. The van der Waals surface area contributed by atoms with Crippen molar-refractivity contribution < 1.29 is 8.95 Å². The molecule has 0 amide bonds. The highest BCUT2D eigenvalue weighted by Gasteiger charge is 2.25. The maximum atomic E-state index is 12.0. The van der Waals surface area contributed by atoms with Crippen LogP contribution in [0.15, 0.2) is 22.2 Å². The van der Waals surface area contributed by atoms with Crippen molar-refractivity contribution in [3.63, 3.8) is 0 Å². The molecule has 1 aliphatic rings. The molecule has 2 heterocycles. The number of rotatable bonds is 5. The molecule has 2 aromatic heterocycles. The molecule has 0 spiro atoms. The summed E-state index contributed by atoms with van der Waals surface area (Å²) in [4.78, 5) is 21.1. The minimum Gasteiger partial charge on any atom is -0.384 e. The zero-order valence-electron chi connectivity index (χ0n) is 15.0. The van der Waals surface area contributed by atoms with Crippen LogP contribution in [0.4, 0.5) is 0 Å². The number of ether oxygens (including phenoxy) is 1. The van der Waals surface area contributed by atoms with Crippen LogP contribution in [0, 0.1) is 11.3 Å². The molecular weight excluding hydrogens is 384 g/mol. The van der Waals surface area contributed by atoms with Crippen LogP contribution in [0.2, 0.25) is 0 Å². The lowest BCUT2D eigenvalue weighted by molar-refractivity contribution is 0.208. The number of hydrogen-bond acceptors (Lipinski definition) is 7. The number of pyridine rings is 1. The number of nitrogens with zero attached hydrogens (tertiary/aromatic N) is 4. The molecule has 2 aromatic rings. The normalized spacial score (nSPS) is 12.5. The molecule has 0 N–H and O–H groups in total. The molecule has 0 bridgehead atoms. The second kappa shape index (κ2) is 8.61. The second-order valence-corrected chi connectivity index (χ2v) is 8.09. The van der Waals surface area contributed by atoms with Crippen LogP contribution >= 0.6 is 11.8 Å². The number of nitriles is 1. The monoisotopic (exact) mass is 402 g/mol. The third-order valence-electron chi connectivity index (χ3n) is 4.38. The Labute approximate surface area is 164 Å². The Bertz CT molecular complexity index is 1040. The van der Waals surface area contributed by atoms with Gasteiger partial charge in [0.2, 0.25) is 0 Å². The Hall–Kier alpha value is -2.28. The quantitative estimate of drug-likeness (QED) is 0.554. The third kappa shape index (κ3) is 4.03. The summed E-state index contributed by atoms with van der Waals surface area (Å²) in [6.45, 7) is 0.424. The summed E-state index contributed by atoms with van der Waals surface area (Å²) in [6.07, 6.45) is 4.44. The van der Waals surface area contributed by atoms with Gasteiger partial charge in [-0.2, -0.15) is 5.26 Å². The standard InChI is InChI=1S/C18H18N4O3S2/c1-22-10-20-14(8-15(22)23)17-12-5-3-4-11(12)13(9-19)18(21-17)26-16(27-24)6-7-25-2/h8,10H,3-7H2,1-2H3. The van der Waals surface area contributed by atoms with Gasteiger partial charge in [-0.05, 0) is 30.4 Å². The average molecular weight is 403 g/mol. The van der Waals surface area contributed by atoms with Crippen molar-refractivity contribution in [2.75, 3.05) is 13.7 Å².